The molecule has 2 aromatic rings. The van der Waals surface area contributed by atoms with E-state index in [0.717, 1.165) is 11.3 Å². The van der Waals surface area contributed by atoms with Crippen LogP contribution in [0.4, 0.5) is 0 Å². The van der Waals surface area contributed by atoms with E-state index in [9.17, 15) is 0 Å². The Kier molecular flexibility index (Phi) is 2.32. The summed E-state index contributed by atoms with van der Waals surface area (Å²) in [7, 11) is 1.67. The Balaban J connectivity index is 2.47. The van der Waals surface area contributed by atoms with E-state index >= 15 is 0 Å². The van der Waals surface area contributed by atoms with Crippen molar-refractivity contribution in [2.24, 2.45) is 0 Å². The van der Waals surface area contributed by atoms with Gasteiger partial charge in [0, 0.05) is 10.9 Å². The highest BCUT2D eigenvalue weighted by molar-refractivity contribution is 7.08. The summed E-state index contributed by atoms with van der Waals surface area (Å²) in [6.07, 6.45) is 0. The number of methoxy groups -OCH3 is 1. The topological polar surface area (TPSA) is 9.23 Å². The molecule has 1 aromatic carbocycles. The molecule has 1 radical (unpaired) electrons. The Labute approximate surface area is 81.6 Å². The van der Waals surface area contributed by atoms with Gasteiger partial charge in [-0.05, 0) is 5.56 Å². The second-order valence-corrected chi connectivity index (χ2v) is 3.33. The van der Waals surface area contributed by atoms with E-state index in [2.05, 4.69) is 17.5 Å². The molecular weight excluding hydrogens is 180 g/mol. The third-order valence-electron chi connectivity index (χ3n) is 1.86. The zero-order chi connectivity index (χ0) is 9.10. The minimum Gasteiger partial charge on any atom is -0.495 e. The standard InChI is InChI=1S/C11H9OS/c1-12-11-8-13-7-10(11)9-5-3-2-4-6-9/h2-7H,1H3. The highest BCUT2D eigenvalue weighted by Gasteiger charge is 2.05. The quantitative estimate of drug-likeness (QED) is 0.704. The van der Waals surface area contributed by atoms with Crippen LogP contribution in [0.2, 0.25) is 0 Å². The fourth-order valence-corrected chi connectivity index (χ4v) is 1.94. The molecule has 0 amide bonds. The van der Waals surface area contributed by atoms with E-state index in [1.807, 2.05) is 23.6 Å². The molecule has 2 heteroatoms. The van der Waals surface area contributed by atoms with Gasteiger partial charge in [-0.1, -0.05) is 30.3 Å². The van der Waals surface area contributed by atoms with Crippen molar-refractivity contribution in [1.82, 2.24) is 0 Å². The average molecular weight is 189 g/mol. The van der Waals surface area contributed by atoms with E-state index in [1.54, 1.807) is 7.11 Å². The summed E-state index contributed by atoms with van der Waals surface area (Å²) in [5.74, 6) is 0.830. The SMILES string of the molecule is COc1[c]scc1-c1ccccc1. The van der Waals surface area contributed by atoms with Crippen LogP contribution in [-0.2, 0) is 0 Å². The molecular formula is C11H9OS. The molecule has 65 valence electrons. The van der Waals surface area contributed by atoms with Gasteiger partial charge in [0.15, 0.2) is 0 Å². The van der Waals surface area contributed by atoms with Gasteiger partial charge >= 0.3 is 0 Å². The van der Waals surface area contributed by atoms with E-state index in [-0.39, 0.29) is 0 Å². The Hall–Kier alpha value is -1.28. The van der Waals surface area contributed by atoms with Crippen molar-refractivity contribution < 1.29 is 4.74 Å². The zero-order valence-corrected chi connectivity index (χ0v) is 8.10. The van der Waals surface area contributed by atoms with Crippen molar-refractivity contribution in [1.29, 1.82) is 0 Å². The number of thiophene rings is 1. The van der Waals surface area contributed by atoms with E-state index in [0.29, 0.717) is 0 Å². The number of ether oxygens (including phenoxy) is 1. The number of hydrogen-bond acceptors (Lipinski definition) is 2. The van der Waals surface area contributed by atoms with Crippen LogP contribution >= 0.6 is 11.3 Å². The monoisotopic (exact) mass is 189 g/mol. The first-order valence-electron chi connectivity index (χ1n) is 4.00. The van der Waals surface area contributed by atoms with Gasteiger partial charge < -0.3 is 4.74 Å². The molecule has 1 aromatic heterocycles. The summed E-state index contributed by atoms with van der Waals surface area (Å²) in [5.41, 5.74) is 2.30. The molecule has 0 saturated heterocycles. The van der Waals surface area contributed by atoms with Gasteiger partial charge in [0.1, 0.15) is 5.75 Å². The van der Waals surface area contributed by atoms with E-state index in [4.69, 9.17) is 4.74 Å². The van der Waals surface area contributed by atoms with Crippen LogP contribution in [-0.4, -0.2) is 7.11 Å². The fraction of sp³-hybridized carbons (Fsp3) is 0.0909. The van der Waals surface area contributed by atoms with Gasteiger partial charge in [-0.25, -0.2) is 0 Å². The summed E-state index contributed by atoms with van der Waals surface area (Å²) in [4.78, 5) is 0. The molecule has 2 rings (SSSR count). The molecule has 0 N–H and O–H groups in total. The maximum absolute atomic E-state index is 5.19. The average Bonchev–Trinajstić information content (AvgIpc) is 2.67. The van der Waals surface area contributed by atoms with Crippen LogP contribution in [0.5, 0.6) is 5.75 Å². The molecule has 0 aliphatic heterocycles. The van der Waals surface area contributed by atoms with Crippen molar-refractivity contribution in [2.45, 2.75) is 0 Å². The summed E-state index contributed by atoms with van der Waals surface area (Å²) >= 11 is 1.54. The Bertz CT molecular complexity index is 378. The Morgan fingerprint density at radius 2 is 2.00 bits per heavy atom. The van der Waals surface area contributed by atoms with Crippen molar-refractivity contribution in [3.8, 4) is 16.9 Å². The molecule has 0 saturated carbocycles. The van der Waals surface area contributed by atoms with Gasteiger partial charge in [0.05, 0.1) is 12.5 Å². The highest BCUT2D eigenvalue weighted by Crippen LogP contribution is 2.32. The highest BCUT2D eigenvalue weighted by atomic mass is 32.1. The molecule has 0 aliphatic carbocycles. The Morgan fingerprint density at radius 1 is 1.23 bits per heavy atom. The molecule has 0 atom stereocenters. The predicted octanol–water partition coefficient (Wildman–Crippen LogP) is 3.22. The lowest BCUT2D eigenvalue weighted by Gasteiger charge is -2.01. The van der Waals surface area contributed by atoms with Crippen molar-refractivity contribution in [2.75, 3.05) is 7.11 Å². The predicted molar refractivity (Wildman–Crippen MR) is 55.1 cm³/mol. The van der Waals surface area contributed by atoms with Crippen LogP contribution in [0, 0.1) is 5.38 Å². The largest absolute Gasteiger partial charge is 0.495 e. The van der Waals surface area contributed by atoms with Gasteiger partial charge in [-0.15, -0.1) is 11.3 Å². The molecule has 0 unspecified atom stereocenters. The number of benzene rings is 1. The lowest BCUT2D eigenvalue weighted by molar-refractivity contribution is 0.417. The van der Waals surface area contributed by atoms with Gasteiger partial charge in [0.2, 0.25) is 0 Å². The minimum absolute atomic E-state index is 0.830. The summed E-state index contributed by atoms with van der Waals surface area (Å²) < 4.78 is 5.19. The molecule has 0 bridgehead atoms. The normalized spacial score (nSPS) is 9.92. The van der Waals surface area contributed by atoms with Crippen molar-refractivity contribution >= 4 is 11.3 Å². The molecule has 0 fully saturated rings. The van der Waals surface area contributed by atoms with Gasteiger partial charge in [-0.2, -0.15) is 0 Å². The van der Waals surface area contributed by atoms with E-state index in [1.165, 1.54) is 16.9 Å². The molecule has 1 heterocycles. The first-order valence-corrected chi connectivity index (χ1v) is 4.88. The zero-order valence-electron chi connectivity index (χ0n) is 7.28. The van der Waals surface area contributed by atoms with E-state index < -0.39 is 0 Å². The lowest BCUT2D eigenvalue weighted by atomic mass is 10.1. The second kappa shape index (κ2) is 3.62. The number of hydrogen-bond donors (Lipinski definition) is 0. The minimum atomic E-state index is 0.830. The number of rotatable bonds is 2. The maximum atomic E-state index is 5.19. The summed E-state index contributed by atoms with van der Waals surface area (Å²) in [6.45, 7) is 0. The van der Waals surface area contributed by atoms with Gasteiger partial charge in [0.25, 0.3) is 0 Å². The third-order valence-corrected chi connectivity index (χ3v) is 2.52. The van der Waals surface area contributed by atoms with Crippen LogP contribution in [0.15, 0.2) is 35.7 Å². The van der Waals surface area contributed by atoms with Crippen LogP contribution in [0.3, 0.4) is 0 Å². The molecule has 13 heavy (non-hydrogen) atoms. The van der Waals surface area contributed by atoms with Crippen LogP contribution in [0.1, 0.15) is 0 Å². The second-order valence-electron chi connectivity index (χ2n) is 2.65. The van der Waals surface area contributed by atoms with Crippen LogP contribution in [0.25, 0.3) is 11.1 Å². The van der Waals surface area contributed by atoms with Crippen LogP contribution < -0.4 is 4.74 Å². The first-order chi connectivity index (χ1) is 6.42. The summed E-state index contributed by atoms with van der Waals surface area (Å²) in [6, 6.07) is 10.2. The first kappa shape index (κ1) is 8.32. The molecule has 0 spiro atoms. The smallest absolute Gasteiger partial charge is 0.146 e. The molecule has 1 nitrogen and oxygen atoms in total. The molecule has 0 aliphatic rings. The van der Waals surface area contributed by atoms with Gasteiger partial charge in [-0.3, -0.25) is 0 Å². The Morgan fingerprint density at radius 3 is 2.69 bits per heavy atom. The van der Waals surface area contributed by atoms with Crippen molar-refractivity contribution in [3.05, 3.63) is 41.1 Å². The van der Waals surface area contributed by atoms with Crippen molar-refractivity contribution in [3.63, 3.8) is 0 Å². The lowest BCUT2D eigenvalue weighted by Crippen LogP contribution is -1.82. The third kappa shape index (κ3) is 1.58. The fourth-order valence-electron chi connectivity index (χ4n) is 1.22. The maximum Gasteiger partial charge on any atom is 0.146 e. The summed E-state index contributed by atoms with van der Waals surface area (Å²) in [5, 5.41) is 5.12.